The van der Waals surface area contributed by atoms with E-state index in [1.54, 1.807) is 12.1 Å². The largest absolute Gasteiger partial charge is 0.367 e. The zero-order valence-electron chi connectivity index (χ0n) is 17.9. The summed E-state index contributed by atoms with van der Waals surface area (Å²) in [5, 5.41) is 2.87. The predicted molar refractivity (Wildman–Crippen MR) is 120 cm³/mol. The summed E-state index contributed by atoms with van der Waals surface area (Å²) in [4.78, 5) is 14.7. The number of para-hydroxylation sites is 1. The Labute approximate surface area is 179 Å². The lowest BCUT2D eigenvalue weighted by Gasteiger charge is -2.27. The number of hydrogen-bond donors (Lipinski definition) is 2. The molecule has 162 valence electrons. The molecule has 0 spiro atoms. The number of nitrogens with zero attached hydrogens (tertiary/aromatic N) is 1. The fraction of sp³-hybridized carbons (Fsp3) is 0.435. The molecule has 7 heteroatoms. The highest BCUT2D eigenvalue weighted by atomic mass is 32.2. The molecule has 0 saturated carbocycles. The number of rotatable bonds is 7. The van der Waals surface area contributed by atoms with Gasteiger partial charge in [-0.3, -0.25) is 4.79 Å². The van der Waals surface area contributed by atoms with Gasteiger partial charge in [0.1, 0.15) is 0 Å². The minimum absolute atomic E-state index is 0.0521. The minimum Gasteiger partial charge on any atom is -0.367 e. The van der Waals surface area contributed by atoms with Crippen molar-refractivity contribution >= 4 is 21.6 Å². The van der Waals surface area contributed by atoms with Crippen molar-refractivity contribution in [1.29, 1.82) is 0 Å². The lowest BCUT2D eigenvalue weighted by atomic mass is 9.87. The topological polar surface area (TPSA) is 78.5 Å². The lowest BCUT2D eigenvalue weighted by Crippen LogP contribution is -2.43. The van der Waals surface area contributed by atoms with Crippen molar-refractivity contribution in [2.24, 2.45) is 0 Å². The molecule has 1 aliphatic rings. The molecule has 1 atom stereocenters. The third kappa shape index (κ3) is 5.61. The molecule has 1 aliphatic heterocycles. The van der Waals surface area contributed by atoms with Crippen LogP contribution in [0.25, 0.3) is 0 Å². The summed E-state index contributed by atoms with van der Waals surface area (Å²) in [6.07, 6.45) is 2.08. The molecule has 0 aliphatic carbocycles. The van der Waals surface area contributed by atoms with E-state index in [1.165, 1.54) is 0 Å². The molecule has 30 heavy (non-hydrogen) atoms. The number of nitrogens with one attached hydrogen (secondary N) is 2. The summed E-state index contributed by atoms with van der Waals surface area (Å²) < 4.78 is 27.4. The van der Waals surface area contributed by atoms with E-state index in [0.29, 0.717) is 6.54 Å². The van der Waals surface area contributed by atoms with Gasteiger partial charge in [0.15, 0.2) is 0 Å². The van der Waals surface area contributed by atoms with Gasteiger partial charge >= 0.3 is 0 Å². The van der Waals surface area contributed by atoms with Crippen LogP contribution >= 0.6 is 0 Å². The third-order valence-electron chi connectivity index (χ3n) is 5.45. The monoisotopic (exact) mass is 429 g/mol. The summed E-state index contributed by atoms with van der Waals surface area (Å²) >= 11 is 0. The molecule has 3 rings (SSSR count). The second-order valence-electron chi connectivity index (χ2n) is 8.73. The van der Waals surface area contributed by atoms with Crippen LogP contribution in [0.4, 0.5) is 5.69 Å². The number of carbonyl (C=O) groups is 1. The molecule has 0 radical (unpaired) electrons. The summed E-state index contributed by atoms with van der Waals surface area (Å²) in [7, 11) is -3.73. The predicted octanol–water partition coefficient (Wildman–Crippen LogP) is 3.05. The Morgan fingerprint density at radius 3 is 2.37 bits per heavy atom. The molecule has 1 heterocycles. The Kier molecular flexibility index (Phi) is 6.83. The highest BCUT2D eigenvalue weighted by Gasteiger charge is 2.25. The van der Waals surface area contributed by atoms with Crippen LogP contribution in [0.5, 0.6) is 0 Å². The van der Waals surface area contributed by atoms with Crippen molar-refractivity contribution in [1.82, 2.24) is 10.0 Å². The maximum Gasteiger partial charge on any atom is 0.241 e. The van der Waals surface area contributed by atoms with Crippen molar-refractivity contribution in [3.05, 3.63) is 60.2 Å². The maximum absolute atomic E-state index is 12.5. The summed E-state index contributed by atoms with van der Waals surface area (Å²) in [5.41, 5.74) is 2.15. The van der Waals surface area contributed by atoms with Crippen molar-refractivity contribution in [2.45, 2.75) is 50.0 Å². The average Bonchev–Trinajstić information content (AvgIpc) is 3.19. The molecule has 1 amide bonds. The smallest absolute Gasteiger partial charge is 0.241 e. The molecule has 0 aromatic heterocycles. The van der Waals surface area contributed by atoms with Gasteiger partial charge in [-0.15, -0.1) is 0 Å². The van der Waals surface area contributed by atoms with Crippen molar-refractivity contribution in [2.75, 3.05) is 24.5 Å². The lowest BCUT2D eigenvalue weighted by molar-refractivity contribution is -0.120. The first kappa shape index (κ1) is 22.3. The molecular weight excluding hydrogens is 398 g/mol. The number of carbonyl (C=O) groups excluding carboxylic acids is 1. The van der Waals surface area contributed by atoms with Gasteiger partial charge in [-0.25, -0.2) is 13.1 Å². The fourth-order valence-electron chi connectivity index (χ4n) is 3.68. The molecular formula is C23H31N3O3S. The van der Waals surface area contributed by atoms with Gasteiger partial charge in [-0.2, -0.15) is 0 Å². The Morgan fingerprint density at radius 2 is 1.73 bits per heavy atom. The maximum atomic E-state index is 12.5. The van der Waals surface area contributed by atoms with Crippen LogP contribution in [0.2, 0.25) is 0 Å². The van der Waals surface area contributed by atoms with Crippen LogP contribution in [0.3, 0.4) is 0 Å². The normalized spacial score (nSPS) is 17.2. The fourth-order valence-corrected chi connectivity index (χ4v) is 4.66. The molecule has 2 aromatic carbocycles. The second kappa shape index (κ2) is 9.18. The van der Waals surface area contributed by atoms with Gasteiger partial charge in [0.25, 0.3) is 0 Å². The molecule has 0 bridgehead atoms. The Hall–Kier alpha value is -2.38. The number of hydrogen-bond acceptors (Lipinski definition) is 4. The number of sulfonamides is 1. The summed E-state index contributed by atoms with van der Waals surface area (Å²) in [6, 6.07) is 17.1. The summed E-state index contributed by atoms with van der Waals surface area (Å²) in [5.74, 6) is -0.329. The standard InChI is InChI=1S/C23H31N3O3S/c1-23(2,3)18-11-13-21(14-12-18)30(28,29)25-17-22(27)24-16-20-10-7-15-26(20)19-8-5-4-6-9-19/h4-6,8-9,11-14,20,25H,7,10,15-17H2,1-3H3,(H,24,27). The first-order valence-corrected chi connectivity index (χ1v) is 11.8. The SMILES string of the molecule is CC(C)(C)c1ccc(S(=O)(=O)NCC(=O)NCC2CCCN2c2ccccc2)cc1. The van der Waals surface area contributed by atoms with Crippen molar-refractivity contribution in [3.63, 3.8) is 0 Å². The molecule has 1 fully saturated rings. The van der Waals surface area contributed by atoms with E-state index < -0.39 is 10.0 Å². The second-order valence-corrected chi connectivity index (χ2v) is 10.5. The van der Waals surface area contributed by atoms with Crippen LogP contribution in [0.1, 0.15) is 39.2 Å². The van der Waals surface area contributed by atoms with E-state index in [9.17, 15) is 13.2 Å². The van der Waals surface area contributed by atoms with Gasteiger partial charge in [-0.05, 0) is 48.1 Å². The first-order valence-electron chi connectivity index (χ1n) is 10.4. The zero-order valence-corrected chi connectivity index (χ0v) is 18.7. The van der Waals surface area contributed by atoms with Gasteiger partial charge in [-0.1, -0.05) is 51.1 Å². The third-order valence-corrected chi connectivity index (χ3v) is 6.87. The van der Waals surface area contributed by atoms with E-state index in [4.69, 9.17) is 0 Å². The van der Waals surface area contributed by atoms with E-state index in [0.717, 1.165) is 30.6 Å². The highest BCUT2D eigenvalue weighted by molar-refractivity contribution is 7.89. The highest BCUT2D eigenvalue weighted by Crippen LogP contribution is 2.25. The van der Waals surface area contributed by atoms with E-state index in [-0.39, 0.29) is 28.8 Å². The molecule has 1 saturated heterocycles. The van der Waals surface area contributed by atoms with Crippen LogP contribution in [-0.4, -0.2) is 40.0 Å². The van der Waals surface area contributed by atoms with E-state index >= 15 is 0 Å². The van der Waals surface area contributed by atoms with Crippen LogP contribution < -0.4 is 14.9 Å². The van der Waals surface area contributed by atoms with E-state index in [1.807, 2.05) is 30.3 Å². The van der Waals surface area contributed by atoms with Gasteiger partial charge in [0.05, 0.1) is 11.4 Å². The Balaban J connectivity index is 1.51. The van der Waals surface area contributed by atoms with Gasteiger partial charge in [0.2, 0.25) is 15.9 Å². The van der Waals surface area contributed by atoms with Crippen molar-refractivity contribution in [3.8, 4) is 0 Å². The minimum atomic E-state index is -3.73. The van der Waals surface area contributed by atoms with Crippen molar-refractivity contribution < 1.29 is 13.2 Å². The van der Waals surface area contributed by atoms with Crippen LogP contribution in [0, 0.1) is 0 Å². The molecule has 2 N–H and O–H groups in total. The van der Waals surface area contributed by atoms with Gasteiger partial charge < -0.3 is 10.2 Å². The summed E-state index contributed by atoms with van der Waals surface area (Å²) in [6.45, 7) is 7.39. The van der Waals surface area contributed by atoms with E-state index in [2.05, 4.69) is 47.8 Å². The van der Waals surface area contributed by atoms with Crippen LogP contribution in [-0.2, 0) is 20.2 Å². The average molecular weight is 430 g/mol. The number of anilines is 1. The molecule has 1 unspecified atom stereocenters. The molecule has 6 nitrogen and oxygen atoms in total. The Bertz CT molecular complexity index is 951. The first-order chi connectivity index (χ1) is 14.2. The zero-order chi connectivity index (χ0) is 21.8. The Morgan fingerprint density at radius 1 is 1.07 bits per heavy atom. The van der Waals surface area contributed by atoms with Crippen LogP contribution in [0.15, 0.2) is 59.5 Å². The quantitative estimate of drug-likeness (QED) is 0.709. The number of benzene rings is 2. The number of amides is 1. The van der Waals surface area contributed by atoms with Gasteiger partial charge in [0, 0.05) is 24.8 Å². The molecule has 2 aromatic rings.